The quantitative estimate of drug-likeness (QED) is 0.357. The lowest BCUT2D eigenvalue weighted by molar-refractivity contribution is 0.355. The lowest BCUT2D eigenvalue weighted by Crippen LogP contribution is -2.27. The highest BCUT2D eigenvalue weighted by atomic mass is 32.1. The third-order valence-corrected chi connectivity index (χ3v) is 7.64. The van der Waals surface area contributed by atoms with Gasteiger partial charge in [0.05, 0.1) is 12.0 Å². The highest BCUT2D eigenvalue weighted by Crippen LogP contribution is 2.42. The van der Waals surface area contributed by atoms with Gasteiger partial charge < -0.3 is 16.0 Å². The van der Waals surface area contributed by atoms with Crippen molar-refractivity contribution in [2.45, 2.75) is 59.3 Å². The second-order valence-corrected chi connectivity index (χ2v) is 9.90. The molecule has 0 radical (unpaired) electrons. The number of thiophene rings is 1. The largest absolute Gasteiger partial charge is 0.390 e. The summed E-state index contributed by atoms with van der Waals surface area (Å²) in [5.41, 5.74) is 11.6. The fourth-order valence-corrected chi connectivity index (χ4v) is 5.98. The zero-order chi connectivity index (χ0) is 21.3. The first kappa shape index (κ1) is 21.1. The Morgan fingerprint density at radius 2 is 2.07 bits per heavy atom. The Bertz CT molecular complexity index is 1050. The topological polar surface area (TPSA) is 79.1 Å². The van der Waals surface area contributed by atoms with Crippen LogP contribution in [-0.4, -0.2) is 29.4 Å². The number of rotatable bonds is 6. The summed E-state index contributed by atoms with van der Waals surface area (Å²) in [5, 5.41) is 4.90. The van der Waals surface area contributed by atoms with E-state index in [0.717, 1.165) is 17.0 Å². The van der Waals surface area contributed by atoms with Crippen molar-refractivity contribution < 1.29 is 0 Å². The van der Waals surface area contributed by atoms with Crippen LogP contribution in [0.15, 0.2) is 17.3 Å². The molecule has 0 spiro atoms. The number of aliphatic imine (C=N–C) groups is 1. The van der Waals surface area contributed by atoms with Crippen LogP contribution in [0.1, 0.15) is 60.6 Å². The molecule has 1 aliphatic heterocycles. The molecule has 1 saturated heterocycles. The van der Waals surface area contributed by atoms with Crippen LogP contribution < -0.4 is 11.1 Å². The summed E-state index contributed by atoms with van der Waals surface area (Å²) in [5.74, 6) is 1.98. The van der Waals surface area contributed by atoms with Gasteiger partial charge in [0, 0.05) is 22.0 Å². The van der Waals surface area contributed by atoms with Crippen molar-refractivity contribution in [1.29, 1.82) is 0 Å². The van der Waals surface area contributed by atoms with Gasteiger partial charge in [0.1, 0.15) is 4.83 Å². The minimum atomic E-state index is 0.432. The molecular formula is C24H33N5S. The monoisotopic (exact) mass is 423 g/mol. The first-order valence-electron chi connectivity index (χ1n) is 11.0. The molecule has 4 rings (SSSR count). The standard InChI is InChI=1S/C24H33N5S/c1-14(2)20-21-16(4)19(6-5-17-7-9-26-10-8-17)30-24(21)29-22(20)18-11-15(3)23(27-12-18)28-13-25/h11-14,17,26,29H,5-10H2,1-4H3,(H2,25,27,28). The average molecular weight is 424 g/mol. The lowest BCUT2D eigenvalue weighted by Gasteiger charge is -2.22. The molecule has 0 aromatic carbocycles. The van der Waals surface area contributed by atoms with Gasteiger partial charge in [-0.05, 0) is 87.2 Å². The number of nitrogens with two attached hydrogens (primary N) is 1. The first-order chi connectivity index (χ1) is 14.5. The Morgan fingerprint density at radius 1 is 1.30 bits per heavy atom. The van der Waals surface area contributed by atoms with Gasteiger partial charge in [-0.15, -0.1) is 11.3 Å². The number of hydrogen-bond donors (Lipinski definition) is 3. The molecule has 4 heterocycles. The van der Waals surface area contributed by atoms with Crippen molar-refractivity contribution in [2.24, 2.45) is 16.6 Å². The Hall–Kier alpha value is -2.18. The summed E-state index contributed by atoms with van der Waals surface area (Å²) in [6.45, 7) is 11.3. The number of aromatic amines is 1. The normalized spacial score (nSPS) is 15.8. The van der Waals surface area contributed by atoms with E-state index in [0.29, 0.717) is 11.7 Å². The molecule has 4 N–H and O–H groups in total. The zero-order valence-electron chi connectivity index (χ0n) is 18.5. The summed E-state index contributed by atoms with van der Waals surface area (Å²) < 4.78 is 0. The van der Waals surface area contributed by atoms with E-state index in [4.69, 9.17) is 5.73 Å². The van der Waals surface area contributed by atoms with Crippen LogP contribution in [0.4, 0.5) is 5.82 Å². The summed E-state index contributed by atoms with van der Waals surface area (Å²) in [7, 11) is 0. The van der Waals surface area contributed by atoms with Crippen LogP contribution >= 0.6 is 11.3 Å². The number of hydrogen-bond acceptors (Lipinski definition) is 4. The SMILES string of the molecule is Cc1cc(-c2[nH]c3sc(CCC4CCNCC4)c(C)c3c2C(C)C)cnc1N=CN. The molecule has 0 aliphatic carbocycles. The second-order valence-electron chi connectivity index (χ2n) is 8.80. The summed E-state index contributed by atoms with van der Waals surface area (Å²) >= 11 is 1.94. The highest BCUT2D eigenvalue weighted by Gasteiger charge is 2.22. The number of H-pyrrole nitrogens is 1. The van der Waals surface area contributed by atoms with Crippen LogP contribution in [0, 0.1) is 19.8 Å². The molecule has 0 saturated carbocycles. The van der Waals surface area contributed by atoms with Gasteiger partial charge in [-0.25, -0.2) is 9.98 Å². The van der Waals surface area contributed by atoms with Gasteiger partial charge in [0.2, 0.25) is 0 Å². The van der Waals surface area contributed by atoms with Crippen LogP contribution in [0.3, 0.4) is 0 Å². The van der Waals surface area contributed by atoms with Crippen LogP contribution in [-0.2, 0) is 6.42 Å². The minimum absolute atomic E-state index is 0.432. The number of nitrogens with one attached hydrogen (secondary N) is 2. The zero-order valence-corrected chi connectivity index (χ0v) is 19.3. The average Bonchev–Trinajstić information content (AvgIpc) is 3.25. The molecule has 1 fully saturated rings. The summed E-state index contributed by atoms with van der Waals surface area (Å²) in [4.78, 5) is 15.3. The van der Waals surface area contributed by atoms with Gasteiger partial charge >= 0.3 is 0 Å². The molecule has 160 valence electrons. The van der Waals surface area contributed by atoms with Gasteiger partial charge in [-0.1, -0.05) is 13.8 Å². The van der Waals surface area contributed by atoms with Crippen molar-refractivity contribution in [3.63, 3.8) is 0 Å². The van der Waals surface area contributed by atoms with E-state index < -0.39 is 0 Å². The molecule has 30 heavy (non-hydrogen) atoms. The Balaban J connectivity index is 1.68. The van der Waals surface area contributed by atoms with Crippen molar-refractivity contribution in [3.8, 4) is 11.3 Å². The number of nitrogens with zero attached hydrogens (tertiary/aromatic N) is 2. The van der Waals surface area contributed by atoms with E-state index in [2.05, 4.69) is 47.1 Å². The highest BCUT2D eigenvalue weighted by molar-refractivity contribution is 7.19. The maximum atomic E-state index is 5.44. The molecule has 0 unspecified atom stereocenters. The van der Waals surface area contributed by atoms with Crippen molar-refractivity contribution >= 4 is 33.7 Å². The van der Waals surface area contributed by atoms with E-state index in [1.54, 1.807) is 4.88 Å². The third-order valence-electron chi connectivity index (χ3n) is 6.37. The predicted molar refractivity (Wildman–Crippen MR) is 129 cm³/mol. The fraction of sp³-hybridized carbons (Fsp3) is 0.500. The molecular weight excluding hydrogens is 390 g/mol. The van der Waals surface area contributed by atoms with Crippen molar-refractivity contribution in [1.82, 2.24) is 15.3 Å². The van der Waals surface area contributed by atoms with Crippen LogP contribution in [0.5, 0.6) is 0 Å². The summed E-state index contributed by atoms with van der Waals surface area (Å²) in [6, 6.07) is 2.16. The number of pyridine rings is 1. The van der Waals surface area contributed by atoms with Gasteiger partial charge in [-0.2, -0.15) is 0 Å². The second kappa shape index (κ2) is 8.90. The maximum absolute atomic E-state index is 5.44. The molecule has 0 amide bonds. The molecule has 3 aromatic heterocycles. The lowest BCUT2D eigenvalue weighted by atomic mass is 9.91. The van der Waals surface area contributed by atoms with Crippen molar-refractivity contribution in [2.75, 3.05) is 13.1 Å². The van der Waals surface area contributed by atoms with Crippen LogP contribution in [0.25, 0.3) is 21.5 Å². The van der Waals surface area contributed by atoms with Gasteiger partial charge in [0.15, 0.2) is 5.82 Å². The number of aryl methyl sites for hydroxylation is 3. The van der Waals surface area contributed by atoms with E-state index in [1.165, 1.54) is 72.1 Å². The molecule has 6 heteroatoms. The fourth-order valence-electron chi connectivity index (χ4n) is 4.74. The Kier molecular flexibility index (Phi) is 6.25. The first-order valence-corrected chi connectivity index (χ1v) is 11.9. The molecule has 3 aromatic rings. The Labute approximate surface area is 183 Å². The minimum Gasteiger partial charge on any atom is -0.390 e. The molecule has 1 aliphatic rings. The molecule has 5 nitrogen and oxygen atoms in total. The van der Waals surface area contributed by atoms with Gasteiger partial charge in [-0.3, -0.25) is 0 Å². The summed E-state index contributed by atoms with van der Waals surface area (Å²) in [6.07, 6.45) is 8.35. The third kappa shape index (κ3) is 4.03. The van der Waals surface area contributed by atoms with E-state index in [9.17, 15) is 0 Å². The van der Waals surface area contributed by atoms with E-state index in [-0.39, 0.29) is 0 Å². The number of fused-ring (bicyclic) bond motifs is 1. The van der Waals surface area contributed by atoms with Gasteiger partial charge in [0.25, 0.3) is 0 Å². The number of aromatic nitrogens is 2. The van der Waals surface area contributed by atoms with Crippen LogP contribution in [0.2, 0.25) is 0 Å². The van der Waals surface area contributed by atoms with Crippen molar-refractivity contribution in [3.05, 3.63) is 33.8 Å². The van der Waals surface area contributed by atoms with E-state index >= 15 is 0 Å². The number of piperidine rings is 1. The predicted octanol–water partition coefficient (Wildman–Crippen LogP) is 5.58. The Morgan fingerprint density at radius 3 is 2.73 bits per heavy atom. The molecule has 0 bridgehead atoms. The maximum Gasteiger partial charge on any atom is 0.156 e. The molecule has 0 atom stereocenters. The smallest absolute Gasteiger partial charge is 0.156 e. The van der Waals surface area contributed by atoms with E-state index in [1.807, 2.05) is 24.5 Å².